The fourth-order valence-corrected chi connectivity index (χ4v) is 5.11. The van der Waals surface area contributed by atoms with E-state index in [-0.39, 0.29) is 17.6 Å². The van der Waals surface area contributed by atoms with Gasteiger partial charge in [-0.15, -0.1) is 11.8 Å². The lowest BCUT2D eigenvalue weighted by molar-refractivity contribution is -0.140. The average molecular weight is 588 g/mol. The summed E-state index contributed by atoms with van der Waals surface area (Å²) in [7, 11) is 0. The third kappa shape index (κ3) is 9.30. The number of thioether (sulfide) groups is 1. The van der Waals surface area contributed by atoms with Gasteiger partial charge >= 0.3 is 0 Å². The monoisotopic (exact) mass is 586 g/mol. The van der Waals surface area contributed by atoms with Crippen LogP contribution in [0.25, 0.3) is 0 Å². The second-order valence-electron chi connectivity index (χ2n) is 9.72. The summed E-state index contributed by atoms with van der Waals surface area (Å²) in [6, 6.07) is 24.7. The number of nitrogens with zero attached hydrogens (tertiary/aromatic N) is 1. The molecule has 3 aromatic carbocycles. The highest BCUT2D eigenvalue weighted by Gasteiger charge is 2.32. The van der Waals surface area contributed by atoms with E-state index in [0.29, 0.717) is 23.7 Å². The fraction of sp³-hybridized carbons (Fsp3) is 0.310. The Hall–Kier alpha value is -2.28. The highest BCUT2D eigenvalue weighted by molar-refractivity contribution is 9.10. The maximum atomic E-state index is 13.7. The number of benzene rings is 3. The van der Waals surface area contributed by atoms with E-state index in [4.69, 9.17) is 11.6 Å². The van der Waals surface area contributed by atoms with Gasteiger partial charge in [-0.05, 0) is 61.7 Å². The Bertz CT molecular complexity index is 1150. The fourth-order valence-electron chi connectivity index (χ4n) is 3.76. The molecule has 0 aliphatic heterocycles. The van der Waals surface area contributed by atoms with Crippen molar-refractivity contribution in [1.29, 1.82) is 0 Å². The van der Waals surface area contributed by atoms with Gasteiger partial charge in [-0.3, -0.25) is 9.59 Å². The van der Waals surface area contributed by atoms with Gasteiger partial charge in [-0.25, -0.2) is 0 Å². The molecule has 0 heterocycles. The summed E-state index contributed by atoms with van der Waals surface area (Å²) in [6.07, 6.45) is 0.423. The quantitative estimate of drug-likeness (QED) is 0.281. The van der Waals surface area contributed by atoms with Gasteiger partial charge in [0.05, 0.1) is 5.75 Å². The molecule has 2 amide bonds. The highest BCUT2D eigenvalue weighted by atomic mass is 79.9. The van der Waals surface area contributed by atoms with Crippen LogP contribution >= 0.6 is 39.3 Å². The zero-order valence-corrected chi connectivity index (χ0v) is 24.0. The van der Waals surface area contributed by atoms with Gasteiger partial charge in [0.2, 0.25) is 11.8 Å². The van der Waals surface area contributed by atoms with E-state index < -0.39 is 11.6 Å². The summed E-state index contributed by atoms with van der Waals surface area (Å²) < 4.78 is 1.02. The first-order valence-corrected chi connectivity index (χ1v) is 14.2. The van der Waals surface area contributed by atoms with E-state index in [2.05, 4.69) is 21.2 Å². The van der Waals surface area contributed by atoms with E-state index in [1.165, 1.54) is 0 Å². The maximum Gasteiger partial charge on any atom is 0.243 e. The van der Waals surface area contributed by atoms with Crippen LogP contribution in [0, 0.1) is 0 Å². The minimum atomic E-state index is -0.661. The van der Waals surface area contributed by atoms with Crippen LogP contribution in [0.4, 0.5) is 0 Å². The molecule has 3 aromatic rings. The van der Waals surface area contributed by atoms with E-state index >= 15 is 0 Å². The molecule has 0 aliphatic carbocycles. The lowest BCUT2D eigenvalue weighted by Gasteiger charge is -2.34. The lowest BCUT2D eigenvalue weighted by Crippen LogP contribution is -2.54. The van der Waals surface area contributed by atoms with Gasteiger partial charge in [-0.2, -0.15) is 0 Å². The third-order valence-corrected chi connectivity index (χ3v) is 7.17. The van der Waals surface area contributed by atoms with Gasteiger partial charge < -0.3 is 10.2 Å². The van der Waals surface area contributed by atoms with E-state index in [1.807, 2.05) is 93.6 Å². The van der Waals surface area contributed by atoms with Crippen LogP contribution in [0.5, 0.6) is 0 Å². The Labute approximate surface area is 231 Å². The van der Waals surface area contributed by atoms with Crippen LogP contribution in [-0.4, -0.2) is 34.0 Å². The molecule has 4 nitrogen and oxygen atoms in total. The van der Waals surface area contributed by atoms with Crippen molar-refractivity contribution >= 4 is 51.1 Å². The van der Waals surface area contributed by atoms with Crippen molar-refractivity contribution in [3.63, 3.8) is 0 Å². The molecule has 1 N–H and O–H groups in total. The third-order valence-electron chi connectivity index (χ3n) is 5.42. The van der Waals surface area contributed by atoms with Crippen LogP contribution in [0.1, 0.15) is 37.5 Å². The second kappa shape index (κ2) is 13.3. The molecule has 0 fully saturated rings. The Kier molecular flexibility index (Phi) is 10.5. The Morgan fingerprint density at radius 1 is 0.944 bits per heavy atom. The molecule has 0 radical (unpaired) electrons. The largest absolute Gasteiger partial charge is 0.350 e. The normalized spacial score (nSPS) is 12.1. The summed E-state index contributed by atoms with van der Waals surface area (Å²) in [5.41, 5.74) is 2.60. The number of nitrogens with one attached hydrogen (secondary N) is 1. The summed E-state index contributed by atoms with van der Waals surface area (Å²) >= 11 is 11.2. The topological polar surface area (TPSA) is 49.4 Å². The molecule has 0 saturated heterocycles. The number of hydrogen-bond donors (Lipinski definition) is 1. The summed E-state index contributed by atoms with van der Waals surface area (Å²) in [5, 5.41) is 3.69. The van der Waals surface area contributed by atoms with Crippen LogP contribution in [0.3, 0.4) is 0 Å². The number of carbonyl (C=O) groups is 2. The van der Waals surface area contributed by atoms with Crippen molar-refractivity contribution in [1.82, 2.24) is 10.2 Å². The number of rotatable bonds is 10. The molecule has 190 valence electrons. The van der Waals surface area contributed by atoms with E-state index in [1.54, 1.807) is 22.7 Å². The van der Waals surface area contributed by atoms with Crippen molar-refractivity contribution in [2.75, 3.05) is 5.75 Å². The predicted octanol–water partition coefficient (Wildman–Crippen LogP) is 6.89. The molecule has 3 rings (SSSR count). The van der Waals surface area contributed by atoms with Gasteiger partial charge in [0.25, 0.3) is 0 Å². The standard InChI is InChI=1S/C29H32BrClN2O2S/c1-29(2,3)32-28(35)26(17-21-8-5-4-6-9-21)33(18-23-10-7-11-25(31)16-23)27(34)20-36-19-22-12-14-24(30)15-13-22/h4-16,26H,17-20H2,1-3H3,(H,32,35)/t26-/m0/s1. The van der Waals surface area contributed by atoms with E-state index in [0.717, 1.165) is 21.2 Å². The molecular formula is C29H32BrClN2O2S. The van der Waals surface area contributed by atoms with Crippen LogP contribution in [0.15, 0.2) is 83.3 Å². The molecule has 0 aliphatic rings. The van der Waals surface area contributed by atoms with Crippen molar-refractivity contribution in [3.05, 3.63) is 105 Å². The first kappa shape index (κ1) is 28.3. The van der Waals surface area contributed by atoms with Gasteiger partial charge in [0.1, 0.15) is 6.04 Å². The van der Waals surface area contributed by atoms with Gasteiger partial charge in [-0.1, -0.05) is 82.1 Å². The summed E-state index contributed by atoms with van der Waals surface area (Å²) in [5.74, 6) is 0.730. The maximum absolute atomic E-state index is 13.7. The van der Waals surface area contributed by atoms with E-state index in [9.17, 15) is 9.59 Å². The molecule has 36 heavy (non-hydrogen) atoms. The van der Waals surface area contributed by atoms with Crippen molar-refractivity contribution < 1.29 is 9.59 Å². The number of carbonyl (C=O) groups excluding carboxylic acids is 2. The molecule has 0 saturated carbocycles. The zero-order chi connectivity index (χ0) is 26.1. The average Bonchev–Trinajstić information content (AvgIpc) is 2.82. The molecule has 7 heteroatoms. The van der Waals surface area contributed by atoms with Crippen molar-refractivity contribution in [3.8, 4) is 0 Å². The van der Waals surface area contributed by atoms with Crippen LogP contribution in [0.2, 0.25) is 5.02 Å². The first-order valence-electron chi connectivity index (χ1n) is 11.8. The van der Waals surface area contributed by atoms with Crippen molar-refractivity contribution in [2.45, 2.75) is 51.1 Å². The smallest absolute Gasteiger partial charge is 0.243 e. The van der Waals surface area contributed by atoms with Gasteiger partial charge in [0.15, 0.2) is 0 Å². The Morgan fingerprint density at radius 3 is 2.25 bits per heavy atom. The minimum Gasteiger partial charge on any atom is -0.350 e. The molecule has 0 spiro atoms. The number of halogens is 2. The predicted molar refractivity (Wildman–Crippen MR) is 154 cm³/mol. The highest BCUT2D eigenvalue weighted by Crippen LogP contribution is 2.21. The summed E-state index contributed by atoms with van der Waals surface area (Å²) in [6.45, 7) is 6.14. The molecule has 0 bridgehead atoms. The SMILES string of the molecule is CC(C)(C)NC(=O)[C@H](Cc1ccccc1)N(Cc1cccc(Cl)c1)C(=O)CSCc1ccc(Br)cc1. The lowest BCUT2D eigenvalue weighted by atomic mass is 10.0. The molecular weight excluding hydrogens is 556 g/mol. The van der Waals surface area contributed by atoms with Crippen LogP contribution in [-0.2, 0) is 28.3 Å². The van der Waals surface area contributed by atoms with Gasteiger partial charge in [0, 0.05) is 33.8 Å². The second-order valence-corrected chi connectivity index (χ2v) is 12.1. The van der Waals surface area contributed by atoms with Crippen molar-refractivity contribution in [2.24, 2.45) is 0 Å². The Morgan fingerprint density at radius 2 is 1.61 bits per heavy atom. The number of hydrogen-bond acceptors (Lipinski definition) is 3. The molecule has 1 atom stereocenters. The molecule has 0 unspecified atom stereocenters. The zero-order valence-electron chi connectivity index (χ0n) is 20.8. The van der Waals surface area contributed by atoms with Crippen LogP contribution < -0.4 is 5.32 Å². The first-order chi connectivity index (χ1) is 17.1. The number of amides is 2. The Balaban J connectivity index is 1.86. The summed E-state index contributed by atoms with van der Waals surface area (Å²) in [4.78, 5) is 28.9. The minimum absolute atomic E-state index is 0.0814. The molecule has 0 aromatic heterocycles.